The smallest absolute Gasteiger partial charge is 0.152 e. The fourth-order valence-electron chi connectivity index (χ4n) is 2.84. The van der Waals surface area contributed by atoms with E-state index in [4.69, 9.17) is 0 Å². The fourth-order valence-corrected chi connectivity index (χ4v) is 4.57. The van der Waals surface area contributed by atoms with E-state index in [1.807, 2.05) is 13.0 Å². The van der Waals surface area contributed by atoms with Gasteiger partial charge in [-0.3, -0.25) is 0 Å². The molecule has 1 aliphatic rings. The van der Waals surface area contributed by atoms with Crippen molar-refractivity contribution in [3.8, 4) is 0 Å². The van der Waals surface area contributed by atoms with Crippen LogP contribution >= 0.6 is 0 Å². The zero-order chi connectivity index (χ0) is 16.9. The van der Waals surface area contributed by atoms with E-state index in [2.05, 4.69) is 39.2 Å². The van der Waals surface area contributed by atoms with Crippen LogP contribution in [0.1, 0.15) is 19.8 Å². The summed E-state index contributed by atoms with van der Waals surface area (Å²) in [6.45, 7) is 4.62. The van der Waals surface area contributed by atoms with E-state index in [1.165, 1.54) is 6.33 Å². The molecule has 1 unspecified atom stereocenters. The van der Waals surface area contributed by atoms with E-state index < -0.39 is 9.84 Å². The maximum Gasteiger partial charge on any atom is 0.152 e. The molecule has 1 N–H and O–H groups in total. The van der Waals surface area contributed by atoms with Crippen molar-refractivity contribution in [1.82, 2.24) is 14.9 Å². The van der Waals surface area contributed by atoms with Gasteiger partial charge in [-0.15, -0.1) is 0 Å². The van der Waals surface area contributed by atoms with Gasteiger partial charge in [0.15, 0.2) is 9.84 Å². The van der Waals surface area contributed by atoms with Crippen LogP contribution in [-0.4, -0.2) is 74.6 Å². The predicted molar refractivity (Wildman–Crippen MR) is 93.8 cm³/mol. The molecular weight excluding hydrogens is 314 g/mol. The molecule has 0 aliphatic carbocycles. The molecule has 1 aromatic heterocycles. The van der Waals surface area contributed by atoms with E-state index in [1.54, 1.807) is 0 Å². The van der Waals surface area contributed by atoms with Crippen LogP contribution in [0.4, 0.5) is 11.6 Å². The first-order chi connectivity index (χ1) is 10.9. The van der Waals surface area contributed by atoms with Crippen LogP contribution in [0.2, 0.25) is 0 Å². The molecule has 2 rings (SSSR count). The number of hydrogen-bond donors (Lipinski definition) is 1. The highest BCUT2D eigenvalue weighted by Gasteiger charge is 2.32. The predicted octanol–water partition coefficient (Wildman–Crippen LogP) is 0.854. The fraction of sp³-hybridized carbons (Fsp3) is 0.733. The Morgan fingerprint density at radius 3 is 2.74 bits per heavy atom. The molecule has 8 heteroatoms. The molecule has 0 amide bonds. The lowest BCUT2D eigenvalue weighted by Gasteiger charge is -2.28. The Kier molecular flexibility index (Phi) is 6.17. The van der Waals surface area contributed by atoms with Gasteiger partial charge in [-0.05, 0) is 40.4 Å². The third-order valence-corrected chi connectivity index (χ3v) is 5.78. The Bertz CT molecular complexity index is 606. The molecule has 0 bridgehead atoms. The lowest BCUT2D eigenvalue weighted by molar-refractivity contribution is 0.405. The highest BCUT2D eigenvalue weighted by Crippen LogP contribution is 2.23. The number of nitrogens with one attached hydrogen (secondary N) is 1. The zero-order valence-corrected chi connectivity index (χ0v) is 15.0. The monoisotopic (exact) mass is 341 g/mol. The topological polar surface area (TPSA) is 78.4 Å². The lowest BCUT2D eigenvalue weighted by Crippen LogP contribution is -2.36. The lowest BCUT2D eigenvalue weighted by atomic mass is 10.2. The van der Waals surface area contributed by atoms with Crippen molar-refractivity contribution in [3.05, 3.63) is 12.4 Å². The summed E-state index contributed by atoms with van der Waals surface area (Å²) in [6, 6.07) is 1.92. The molecule has 0 saturated carbocycles. The summed E-state index contributed by atoms with van der Waals surface area (Å²) in [6.07, 6.45) is 3.24. The van der Waals surface area contributed by atoms with Crippen molar-refractivity contribution in [1.29, 1.82) is 0 Å². The molecule has 23 heavy (non-hydrogen) atoms. The molecule has 0 aromatic carbocycles. The standard InChI is InChI=1S/C15H27N5O2S/c1-4-20(13-6-9-23(21,22)11-13)15-10-14(17-12-18-15)16-7-5-8-19(2)3/h10,12-13H,4-9,11H2,1-3H3,(H,16,17,18). The summed E-state index contributed by atoms with van der Waals surface area (Å²) in [5.74, 6) is 2.07. The molecule has 7 nitrogen and oxygen atoms in total. The van der Waals surface area contributed by atoms with Gasteiger partial charge in [0.1, 0.15) is 18.0 Å². The minimum atomic E-state index is -2.90. The van der Waals surface area contributed by atoms with E-state index in [-0.39, 0.29) is 17.5 Å². The van der Waals surface area contributed by atoms with Crippen LogP contribution in [-0.2, 0) is 9.84 Å². The van der Waals surface area contributed by atoms with E-state index in [0.717, 1.165) is 37.7 Å². The molecule has 130 valence electrons. The quantitative estimate of drug-likeness (QED) is 0.702. The minimum absolute atomic E-state index is 0.0153. The molecule has 2 heterocycles. The number of nitrogens with zero attached hydrogens (tertiary/aromatic N) is 4. The Morgan fingerprint density at radius 2 is 2.13 bits per heavy atom. The molecule has 1 saturated heterocycles. The van der Waals surface area contributed by atoms with Crippen molar-refractivity contribution in [2.24, 2.45) is 0 Å². The van der Waals surface area contributed by atoms with Gasteiger partial charge in [-0.2, -0.15) is 0 Å². The number of hydrogen-bond acceptors (Lipinski definition) is 7. The first kappa shape index (κ1) is 17.9. The number of aromatic nitrogens is 2. The van der Waals surface area contributed by atoms with Gasteiger partial charge in [-0.25, -0.2) is 18.4 Å². The number of rotatable bonds is 8. The summed E-state index contributed by atoms with van der Waals surface area (Å²) in [5.41, 5.74) is 0. The Morgan fingerprint density at radius 1 is 1.35 bits per heavy atom. The van der Waals surface area contributed by atoms with Crippen LogP contribution in [0.5, 0.6) is 0 Å². The summed E-state index contributed by atoms with van der Waals surface area (Å²) in [7, 11) is 1.21. The molecule has 1 aliphatic heterocycles. The van der Waals surface area contributed by atoms with Crippen LogP contribution in [0.3, 0.4) is 0 Å². The molecule has 0 spiro atoms. The maximum absolute atomic E-state index is 11.7. The normalized spacial score (nSPS) is 19.9. The summed E-state index contributed by atoms with van der Waals surface area (Å²) in [4.78, 5) is 12.8. The zero-order valence-electron chi connectivity index (χ0n) is 14.2. The third-order valence-electron chi connectivity index (χ3n) is 4.02. The van der Waals surface area contributed by atoms with E-state index in [9.17, 15) is 8.42 Å². The van der Waals surface area contributed by atoms with Gasteiger partial charge in [-0.1, -0.05) is 0 Å². The molecule has 1 fully saturated rings. The average molecular weight is 341 g/mol. The van der Waals surface area contributed by atoms with Crippen LogP contribution in [0.15, 0.2) is 12.4 Å². The molecule has 1 aromatic rings. The third kappa shape index (κ3) is 5.31. The van der Waals surface area contributed by atoms with Crippen LogP contribution < -0.4 is 10.2 Å². The largest absolute Gasteiger partial charge is 0.370 e. The van der Waals surface area contributed by atoms with Crippen LogP contribution in [0, 0.1) is 0 Å². The SMILES string of the molecule is CCN(c1cc(NCCCN(C)C)ncn1)C1CCS(=O)(=O)C1. The van der Waals surface area contributed by atoms with E-state index in [0.29, 0.717) is 6.42 Å². The molecular formula is C15H27N5O2S. The number of anilines is 2. The highest BCUT2D eigenvalue weighted by molar-refractivity contribution is 7.91. The van der Waals surface area contributed by atoms with Gasteiger partial charge in [0.05, 0.1) is 11.5 Å². The van der Waals surface area contributed by atoms with Crippen molar-refractivity contribution in [2.45, 2.75) is 25.8 Å². The second kappa shape index (κ2) is 7.92. The van der Waals surface area contributed by atoms with Crippen molar-refractivity contribution >= 4 is 21.5 Å². The van der Waals surface area contributed by atoms with Gasteiger partial charge < -0.3 is 15.1 Å². The van der Waals surface area contributed by atoms with Gasteiger partial charge >= 0.3 is 0 Å². The first-order valence-electron chi connectivity index (χ1n) is 8.09. The summed E-state index contributed by atoms with van der Waals surface area (Å²) >= 11 is 0. The first-order valence-corrected chi connectivity index (χ1v) is 9.91. The Balaban J connectivity index is 1.99. The molecule has 0 radical (unpaired) electrons. The second-order valence-corrected chi connectivity index (χ2v) is 8.42. The van der Waals surface area contributed by atoms with E-state index >= 15 is 0 Å². The van der Waals surface area contributed by atoms with Gasteiger partial charge in [0.2, 0.25) is 0 Å². The Hall–Kier alpha value is -1.41. The van der Waals surface area contributed by atoms with Gasteiger partial charge in [0.25, 0.3) is 0 Å². The van der Waals surface area contributed by atoms with Crippen LogP contribution in [0.25, 0.3) is 0 Å². The average Bonchev–Trinajstić information content (AvgIpc) is 2.85. The summed E-state index contributed by atoms with van der Waals surface area (Å²) < 4.78 is 23.4. The van der Waals surface area contributed by atoms with Crippen molar-refractivity contribution in [2.75, 3.05) is 55.5 Å². The second-order valence-electron chi connectivity index (χ2n) is 6.19. The van der Waals surface area contributed by atoms with Gasteiger partial charge in [0, 0.05) is 25.2 Å². The maximum atomic E-state index is 11.7. The highest BCUT2D eigenvalue weighted by atomic mass is 32.2. The summed E-state index contributed by atoms with van der Waals surface area (Å²) in [5, 5.41) is 3.30. The Labute approximate surface area is 139 Å². The minimum Gasteiger partial charge on any atom is -0.370 e. The number of sulfone groups is 1. The van der Waals surface area contributed by atoms with Crippen molar-refractivity contribution < 1.29 is 8.42 Å². The molecule has 1 atom stereocenters. The van der Waals surface area contributed by atoms with Crippen molar-refractivity contribution in [3.63, 3.8) is 0 Å².